The lowest BCUT2D eigenvalue weighted by molar-refractivity contribution is 0.421. The molecule has 0 aliphatic carbocycles. The summed E-state index contributed by atoms with van der Waals surface area (Å²) in [6.45, 7) is 18.9. The molecule has 1 heteroatoms. The third kappa shape index (κ3) is 2.03. The number of anilines is 1. The SMILES string of the molecule is C=CC(=C)c1c(C)ccc2c1N(C)C(=C)C(C)(C)C2. The number of rotatable bonds is 2. The maximum absolute atomic E-state index is 4.27. The average molecular weight is 253 g/mol. The zero-order valence-electron chi connectivity index (χ0n) is 12.5. The molecule has 0 saturated carbocycles. The summed E-state index contributed by atoms with van der Waals surface area (Å²) >= 11 is 0. The van der Waals surface area contributed by atoms with E-state index in [-0.39, 0.29) is 5.41 Å². The molecule has 1 nitrogen and oxygen atoms in total. The van der Waals surface area contributed by atoms with Crippen LogP contribution in [0, 0.1) is 12.3 Å². The van der Waals surface area contributed by atoms with Crippen molar-refractivity contribution < 1.29 is 0 Å². The summed E-state index contributed by atoms with van der Waals surface area (Å²) < 4.78 is 0. The third-order valence-electron chi connectivity index (χ3n) is 4.19. The zero-order chi connectivity index (χ0) is 14.4. The van der Waals surface area contributed by atoms with Gasteiger partial charge in [0.05, 0.1) is 5.69 Å². The van der Waals surface area contributed by atoms with Crippen molar-refractivity contribution in [3.05, 3.63) is 60.3 Å². The van der Waals surface area contributed by atoms with E-state index >= 15 is 0 Å². The zero-order valence-corrected chi connectivity index (χ0v) is 12.5. The predicted molar refractivity (Wildman–Crippen MR) is 85.4 cm³/mol. The van der Waals surface area contributed by atoms with E-state index in [2.05, 4.69) is 64.6 Å². The standard InChI is InChI=1S/C18H23N/c1-8-12(2)16-13(3)9-10-15-11-18(5,6)14(4)19(7)17(15)16/h8-10H,1-2,4,11H2,3,5-7H3. The van der Waals surface area contributed by atoms with Gasteiger partial charge < -0.3 is 4.90 Å². The molecule has 1 aliphatic rings. The second-order valence-electron chi connectivity index (χ2n) is 6.06. The summed E-state index contributed by atoms with van der Waals surface area (Å²) in [6, 6.07) is 4.41. The summed E-state index contributed by atoms with van der Waals surface area (Å²) in [5, 5.41) is 0. The smallest absolute Gasteiger partial charge is 0.0520 e. The Kier molecular flexibility index (Phi) is 3.17. The predicted octanol–water partition coefficient (Wildman–Crippen LogP) is 4.73. The molecule has 0 bridgehead atoms. The van der Waals surface area contributed by atoms with E-state index in [1.807, 2.05) is 6.08 Å². The molecule has 0 fully saturated rings. The normalized spacial score (nSPS) is 17.1. The number of fused-ring (bicyclic) bond motifs is 1. The Morgan fingerprint density at radius 2 is 2.00 bits per heavy atom. The van der Waals surface area contributed by atoms with Crippen molar-refractivity contribution in [1.82, 2.24) is 0 Å². The van der Waals surface area contributed by atoms with E-state index in [4.69, 9.17) is 0 Å². The molecule has 0 aromatic heterocycles. The molecule has 0 N–H and O–H groups in total. The van der Waals surface area contributed by atoms with Crippen LogP contribution in [0.3, 0.4) is 0 Å². The van der Waals surface area contributed by atoms with Crippen LogP contribution in [0.5, 0.6) is 0 Å². The number of allylic oxidation sites excluding steroid dienone is 3. The number of hydrogen-bond donors (Lipinski definition) is 0. The summed E-state index contributed by atoms with van der Waals surface area (Å²) in [5.41, 5.74) is 7.29. The van der Waals surface area contributed by atoms with Gasteiger partial charge in [0.2, 0.25) is 0 Å². The van der Waals surface area contributed by atoms with Crippen molar-refractivity contribution in [2.45, 2.75) is 27.2 Å². The molecule has 0 radical (unpaired) electrons. The van der Waals surface area contributed by atoms with E-state index in [0.717, 1.165) is 17.7 Å². The van der Waals surface area contributed by atoms with E-state index < -0.39 is 0 Å². The minimum Gasteiger partial charge on any atom is -0.347 e. The van der Waals surface area contributed by atoms with Crippen LogP contribution in [0.25, 0.3) is 5.57 Å². The van der Waals surface area contributed by atoms with Crippen molar-refractivity contribution in [2.24, 2.45) is 5.41 Å². The Morgan fingerprint density at radius 3 is 2.58 bits per heavy atom. The lowest BCUT2D eigenvalue weighted by Crippen LogP contribution is -2.35. The summed E-state index contributed by atoms with van der Waals surface area (Å²) in [7, 11) is 2.10. The highest BCUT2D eigenvalue weighted by Crippen LogP contribution is 2.45. The highest BCUT2D eigenvalue weighted by Gasteiger charge is 2.34. The Balaban J connectivity index is 2.73. The second-order valence-corrected chi connectivity index (χ2v) is 6.06. The Morgan fingerprint density at radius 1 is 1.37 bits per heavy atom. The lowest BCUT2D eigenvalue weighted by Gasteiger charge is -2.42. The van der Waals surface area contributed by atoms with Gasteiger partial charge in [0.25, 0.3) is 0 Å². The van der Waals surface area contributed by atoms with Gasteiger partial charge in [0.15, 0.2) is 0 Å². The van der Waals surface area contributed by atoms with Gasteiger partial charge in [-0.2, -0.15) is 0 Å². The molecule has 0 spiro atoms. The Labute approximate surface area is 116 Å². The largest absolute Gasteiger partial charge is 0.347 e. The molecule has 100 valence electrons. The second kappa shape index (κ2) is 4.41. The molecule has 0 saturated heterocycles. The van der Waals surface area contributed by atoms with Crippen LogP contribution in [0.4, 0.5) is 5.69 Å². The van der Waals surface area contributed by atoms with E-state index in [1.165, 1.54) is 22.4 Å². The van der Waals surface area contributed by atoms with E-state index in [1.54, 1.807) is 0 Å². The molecule has 2 rings (SSSR count). The molecular weight excluding hydrogens is 230 g/mol. The summed E-state index contributed by atoms with van der Waals surface area (Å²) in [6.07, 6.45) is 2.85. The van der Waals surface area contributed by atoms with Crippen LogP contribution in [0.1, 0.15) is 30.5 Å². The van der Waals surface area contributed by atoms with E-state index in [0.29, 0.717) is 0 Å². The van der Waals surface area contributed by atoms with Crippen LogP contribution in [0.2, 0.25) is 0 Å². The minimum atomic E-state index is 0.101. The topological polar surface area (TPSA) is 3.24 Å². The maximum Gasteiger partial charge on any atom is 0.0520 e. The minimum absolute atomic E-state index is 0.101. The average Bonchev–Trinajstić information content (AvgIpc) is 2.36. The molecule has 1 aromatic rings. The molecule has 1 aromatic carbocycles. The number of nitrogens with zero attached hydrogens (tertiary/aromatic N) is 1. The van der Waals surface area contributed by atoms with Crippen molar-refractivity contribution in [1.29, 1.82) is 0 Å². The first-order valence-electron chi connectivity index (χ1n) is 6.67. The molecule has 0 amide bonds. The Bertz CT molecular complexity index is 576. The quantitative estimate of drug-likeness (QED) is 0.689. The molecule has 1 aliphatic heterocycles. The van der Waals surface area contributed by atoms with Gasteiger partial charge in [0, 0.05) is 23.7 Å². The van der Waals surface area contributed by atoms with Gasteiger partial charge >= 0.3 is 0 Å². The van der Waals surface area contributed by atoms with Gasteiger partial charge in [-0.05, 0) is 30.0 Å². The van der Waals surface area contributed by atoms with Crippen molar-refractivity contribution in [2.75, 3.05) is 11.9 Å². The van der Waals surface area contributed by atoms with Gasteiger partial charge in [-0.25, -0.2) is 0 Å². The summed E-state index contributed by atoms with van der Waals surface area (Å²) in [5.74, 6) is 0. The summed E-state index contributed by atoms with van der Waals surface area (Å²) in [4.78, 5) is 2.22. The Hall–Kier alpha value is -1.76. The molecule has 1 heterocycles. The first kappa shape index (κ1) is 13.7. The van der Waals surface area contributed by atoms with Crippen LogP contribution >= 0.6 is 0 Å². The van der Waals surface area contributed by atoms with E-state index in [9.17, 15) is 0 Å². The maximum atomic E-state index is 4.27. The first-order chi connectivity index (χ1) is 8.79. The first-order valence-corrected chi connectivity index (χ1v) is 6.67. The van der Waals surface area contributed by atoms with Gasteiger partial charge in [0.1, 0.15) is 0 Å². The van der Waals surface area contributed by atoms with Crippen LogP contribution in [0.15, 0.2) is 43.6 Å². The molecular formula is C18H23N. The van der Waals surface area contributed by atoms with Gasteiger partial charge in [-0.1, -0.05) is 51.8 Å². The number of hydrogen-bond acceptors (Lipinski definition) is 1. The van der Waals surface area contributed by atoms with Crippen LogP contribution in [-0.2, 0) is 6.42 Å². The highest BCUT2D eigenvalue weighted by molar-refractivity contribution is 5.86. The van der Waals surface area contributed by atoms with Gasteiger partial charge in [-0.15, -0.1) is 0 Å². The lowest BCUT2D eigenvalue weighted by atomic mass is 9.77. The fourth-order valence-electron chi connectivity index (χ4n) is 2.94. The monoisotopic (exact) mass is 253 g/mol. The molecule has 19 heavy (non-hydrogen) atoms. The highest BCUT2D eigenvalue weighted by atomic mass is 15.1. The number of benzene rings is 1. The van der Waals surface area contributed by atoms with Gasteiger partial charge in [-0.3, -0.25) is 0 Å². The number of aryl methyl sites for hydroxylation is 1. The van der Waals surface area contributed by atoms with Crippen molar-refractivity contribution in [3.8, 4) is 0 Å². The fraction of sp³-hybridized carbons (Fsp3) is 0.333. The third-order valence-corrected chi connectivity index (χ3v) is 4.19. The van der Waals surface area contributed by atoms with Crippen LogP contribution in [-0.4, -0.2) is 7.05 Å². The molecule has 0 atom stereocenters. The van der Waals surface area contributed by atoms with Crippen molar-refractivity contribution >= 4 is 11.3 Å². The molecule has 0 unspecified atom stereocenters. The van der Waals surface area contributed by atoms with Crippen molar-refractivity contribution in [3.63, 3.8) is 0 Å². The van der Waals surface area contributed by atoms with Crippen LogP contribution < -0.4 is 4.90 Å². The fourth-order valence-corrected chi connectivity index (χ4v) is 2.94.